The molecule has 2 N–H and O–H groups in total. The van der Waals surface area contributed by atoms with Crippen LogP contribution in [-0.4, -0.2) is 66.7 Å². The molecule has 2 aliphatic heterocycles. The normalized spacial score (nSPS) is 23.2. The summed E-state index contributed by atoms with van der Waals surface area (Å²) in [4.78, 5) is 27.0. The number of methoxy groups -OCH3 is 2. The molecule has 0 aliphatic carbocycles. The predicted molar refractivity (Wildman–Crippen MR) is 168 cm³/mol. The Hall–Kier alpha value is -4.26. The SMILES string of the molecule is COc1ccc(C(OC[C@@H]2O[C@H](n3ccc(=O)[nH]c3=O)[C@@H](O[C@@H]3CCCCO3)[C@@H]2O)(c2ccccc2)c2ccc(OC)cc2)cc1. The van der Waals surface area contributed by atoms with Crippen molar-refractivity contribution in [3.05, 3.63) is 129 Å². The van der Waals surface area contributed by atoms with Crippen molar-refractivity contribution in [1.82, 2.24) is 9.55 Å². The van der Waals surface area contributed by atoms with Gasteiger partial charge in [-0.1, -0.05) is 54.6 Å². The predicted octanol–water partition coefficient (Wildman–Crippen LogP) is 3.73. The van der Waals surface area contributed by atoms with Crippen LogP contribution >= 0.6 is 0 Å². The van der Waals surface area contributed by atoms with E-state index in [0.717, 1.165) is 29.5 Å². The molecule has 0 bridgehead atoms. The van der Waals surface area contributed by atoms with Gasteiger partial charge in [0.15, 0.2) is 12.5 Å². The Labute approximate surface area is 266 Å². The zero-order valence-electron chi connectivity index (χ0n) is 25.7. The zero-order chi connectivity index (χ0) is 32.1. The maximum Gasteiger partial charge on any atom is 0.330 e. The first-order valence-electron chi connectivity index (χ1n) is 15.3. The van der Waals surface area contributed by atoms with E-state index < -0.39 is 47.7 Å². The van der Waals surface area contributed by atoms with Crippen LogP contribution in [0.5, 0.6) is 11.5 Å². The molecule has 2 saturated heterocycles. The molecule has 2 fully saturated rings. The number of nitrogens with zero attached hydrogens (tertiary/aromatic N) is 1. The van der Waals surface area contributed by atoms with Gasteiger partial charge in [-0.2, -0.15) is 0 Å². The Morgan fingerprint density at radius 1 is 0.870 bits per heavy atom. The van der Waals surface area contributed by atoms with Crippen molar-refractivity contribution in [2.75, 3.05) is 27.4 Å². The van der Waals surface area contributed by atoms with E-state index in [2.05, 4.69) is 4.98 Å². The van der Waals surface area contributed by atoms with Crippen LogP contribution in [0, 0.1) is 0 Å². The quantitative estimate of drug-likeness (QED) is 0.238. The van der Waals surface area contributed by atoms with Gasteiger partial charge in [0.05, 0.1) is 20.8 Å². The molecule has 5 atom stereocenters. The number of aromatic amines is 1. The smallest absolute Gasteiger partial charge is 0.330 e. The lowest BCUT2D eigenvalue weighted by atomic mass is 9.80. The number of aromatic nitrogens is 2. The number of H-pyrrole nitrogens is 1. The van der Waals surface area contributed by atoms with Crippen LogP contribution < -0.4 is 20.7 Å². The van der Waals surface area contributed by atoms with Crippen molar-refractivity contribution in [1.29, 1.82) is 0 Å². The molecule has 6 rings (SSSR count). The Morgan fingerprint density at radius 3 is 2.07 bits per heavy atom. The molecule has 1 aromatic heterocycles. The topological polar surface area (TPSA) is 130 Å². The summed E-state index contributed by atoms with van der Waals surface area (Å²) in [6.45, 7) is 0.446. The molecule has 0 unspecified atom stereocenters. The van der Waals surface area contributed by atoms with Gasteiger partial charge >= 0.3 is 5.69 Å². The molecule has 0 saturated carbocycles. The van der Waals surface area contributed by atoms with Crippen LogP contribution in [0.25, 0.3) is 0 Å². The van der Waals surface area contributed by atoms with Crippen LogP contribution in [0.15, 0.2) is 101 Å². The second kappa shape index (κ2) is 14.0. The average molecular weight is 631 g/mol. The van der Waals surface area contributed by atoms with Crippen molar-refractivity contribution >= 4 is 0 Å². The summed E-state index contributed by atoms with van der Waals surface area (Å²) in [5.41, 5.74) is 0.0926. The monoisotopic (exact) mass is 630 g/mol. The number of hydrogen-bond acceptors (Lipinski definition) is 9. The Bertz CT molecular complexity index is 1630. The van der Waals surface area contributed by atoms with Crippen LogP contribution in [0.4, 0.5) is 0 Å². The molecule has 11 nitrogen and oxygen atoms in total. The van der Waals surface area contributed by atoms with Crippen molar-refractivity contribution in [2.45, 2.75) is 55.7 Å². The van der Waals surface area contributed by atoms with Gasteiger partial charge in [0, 0.05) is 18.9 Å². The number of rotatable bonds is 11. The number of aliphatic hydroxyl groups is 1. The highest BCUT2D eigenvalue weighted by Crippen LogP contribution is 2.43. The Kier molecular flexibility index (Phi) is 9.67. The molecular weight excluding hydrogens is 592 g/mol. The first-order valence-corrected chi connectivity index (χ1v) is 15.3. The molecule has 0 amide bonds. The average Bonchev–Trinajstić information content (AvgIpc) is 3.40. The molecule has 46 heavy (non-hydrogen) atoms. The van der Waals surface area contributed by atoms with Crippen LogP contribution in [0.3, 0.4) is 0 Å². The molecule has 0 spiro atoms. The largest absolute Gasteiger partial charge is 0.497 e. The highest BCUT2D eigenvalue weighted by Gasteiger charge is 2.49. The van der Waals surface area contributed by atoms with E-state index in [1.165, 1.54) is 16.8 Å². The van der Waals surface area contributed by atoms with Gasteiger partial charge in [0.2, 0.25) is 0 Å². The Balaban J connectivity index is 1.39. The van der Waals surface area contributed by atoms with Gasteiger partial charge in [-0.15, -0.1) is 0 Å². The molecule has 3 heterocycles. The second-order valence-electron chi connectivity index (χ2n) is 11.3. The van der Waals surface area contributed by atoms with Crippen LogP contribution in [-0.2, 0) is 24.5 Å². The summed E-state index contributed by atoms with van der Waals surface area (Å²) >= 11 is 0. The molecule has 2 aliphatic rings. The third kappa shape index (κ3) is 6.37. The third-order valence-corrected chi connectivity index (χ3v) is 8.52. The fourth-order valence-corrected chi connectivity index (χ4v) is 6.13. The van der Waals surface area contributed by atoms with Crippen molar-refractivity contribution in [3.8, 4) is 11.5 Å². The first kappa shape index (κ1) is 31.7. The number of nitrogens with one attached hydrogen (secondary N) is 1. The standard InChI is InChI=1S/C35H38N2O9/c1-41-26-15-11-24(12-16-26)35(23-8-4-3-5-9-23,25-13-17-27(42-2)18-14-25)44-22-28-31(39)32(46-30-10-6-7-21-43-30)33(45-28)37-20-19-29(38)36-34(37)40/h3-5,8-9,11-20,28,30-33,39H,6-7,10,21-22H2,1-2H3,(H,36,38,40)/t28-,30+,31+,32-,33-/m0/s1. The fourth-order valence-electron chi connectivity index (χ4n) is 6.13. The molecule has 0 radical (unpaired) electrons. The Morgan fingerprint density at radius 2 is 1.50 bits per heavy atom. The number of ether oxygens (including phenoxy) is 6. The van der Waals surface area contributed by atoms with Gasteiger partial charge in [-0.05, 0) is 60.2 Å². The first-order chi connectivity index (χ1) is 22.4. The number of hydrogen-bond donors (Lipinski definition) is 2. The molecule has 3 aromatic carbocycles. The molecule has 4 aromatic rings. The summed E-state index contributed by atoms with van der Waals surface area (Å²) < 4.78 is 37.5. The highest BCUT2D eigenvalue weighted by atomic mass is 16.7. The van der Waals surface area contributed by atoms with E-state index in [1.54, 1.807) is 14.2 Å². The van der Waals surface area contributed by atoms with Gasteiger partial charge in [-0.25, -0.2) is 4.79 Å². The van der Waals surface area contributed by atoms with E-state index in [-0.39, 0.29) is 6.61 Å². The van der Waals surface area contributed by atoms with Crippen LogP contribution in [0.2, 0.25) is 0 Å². The molecule has 11 heteroatoms. The van der Waals surface area contributed by atoms with Gasteiger partial charge < -0.3 is 33.5 Å². The lowest BCUT2D eigenvalue weighted by Gasteiger charge is -2.37. The summed E-state index contributed by atoms with van der Waals surface area (Å²) in [5.74, 6) is 1.38. The van der Waals surface area contributed by atoms with Gasteiger partial charge in [0.25, 0.3) is 5.56 Å². The van der Waals surface area contributed by atoms with E-state index >= 15 is 0 Å². The fraction of sp³-hybridized carbons (Fsp3) is 0.371. The zero-order valence-corrected chi connectivity index (χ0v) is 25.7. The second-order valence-corrected chi connectivity index (χ2v) is 11.3. The lowest BCUT2D eigenvalue weighted by molar-refractivity contribution is -0.215. The van der Waals surface area contributed by atoms with E-state index in [9.17, 15) is 14.7 Å². The minimum atomic E-state index is -1.20. The van der Waals surface area contributed by atoms with Gasteiger partial charge in [-0.3, -0.25) is 14.3 Å². The van der Waals surface area contributed by atoms with E-state index in [0.29, 0.717) is 24.5 Å². The summed E-state index contributed by atoms with van der Waals surface area (Å²) in [7, 11) is 3.22. The summed E-state index contributed by atoms with van der Waals surface area (Å²) in [6, 6.07) is 26.2. The summed E-state index contributed by atoms with van der Waals surface area (Å²) in [5, 5.41) is 11.7. The highest BCUT2D eigenvalue weighted by molar-refractivity contribution is 5.49. The number of benzene rings is 3. The third-order valence-electron chi connectivity index (χ3n) is 8.52. The number of aliphatic hydroxyl groups excluding tert-OH is 1. The molecular formula is C35H38N2O9. The molecule has 242 valence electrons. The lowest BCUT2D eigenvalue weighted by Crippen LogP contribution is -2.43. The van der Waals surface area contributed by atoms with Gasteiger partial charge in [0.1, 0.15) is 35.4 Å². The van der Waals surface area contributed by atoms with Crippen LogP contribution in [0.1, 0.15) is 42.2 Å². The minimum absolute atomic E-state index is 0.0892. The summed E-state index contributed by atoms with van der Waals surface area (Å²) in [6.07, 6.45) is -0.910. The maximum absolute atomic E-state index is 12.9. The maximum atomic E-state index is 12.9. The van der Waals surface area contributed by atoms with Crippen molar-refractivity contribution in [2.24, 2.45) is 0 Å². The van der Waals surface area contributed by atoms with Crippen molar-refractivity contribution < 1.29 is 33.5 Å². The van der Waals surface area contributed by atoms with Crippen molar-refractivity contribution in [3.63, 3.8) is 0 Å². The van der Waals surface area contributed by atoms with E-state index in [1.807, 2.05) is 78.9 Å². The minimum Gasteiger partial charge on any atom is -0.497 e. The van der Waals surface area contributed by atoms with E-state index in [4.69, 9.17) is 28.4 Å².